The van der Waals surface area contributed by atoms with Crippen LogP contribution in [-0.2, 0) is 9.47 Å². The monoisotopic (exact) mass is 523 g/mol. The van der Waals surface area contributed by atoms with Gasteiger partial charge in [0.25, 0.3) is 0 Å². The molecule has 4 atom stereocenters. The zero-order valence-electron chi connectivity index (χ0n) is 25.2. The Balaban J connectivity index is 1.85. The van der Waals surface area contributed by atoms with Gasteiger partial charge in [-0.1, -0.05) is 82.7 Å². The summed E-state index contributed by atoms with van der Waals surface area (Å²) in [7, 11) is 0. The smallest absolute Gasteiger partial charge is 0.139 e. The van der Waals surface area contributed by atoms with Crippen LogP contribution in [0, 0.1) is 17.8 Å². The molecule has 38 heavy (non-hydrogen) atoms. The predicted octanol–water partition coefficient (Wildman–Crippen LogP) is 9.73. The molecule has 0 aromatic rings. The molecule has 0 aromatic carbocycles. The summed E-state index contributed by atoms with van der Waals surface area (Å²) >= 11 is 0. The van der Waals surface area contributed by atoms with Crippen LogP contribution in [-0.4, -0.2) is 17.9 Å². The maximum absolute atomic E-state index is 6.65. The molecule has 0 amide bonds. The van der Waals surface area contributed by atoms with Crippen molar-refractivity contribution in [3.05, 3.63) is 72.6 Å². The topological polar surface area (TPSA) is 44.5 Å². The number of hydrogen-bond donors (Lipinski definition) is 1. The Morgan fingerprint density at radius 3 is 2.55 bits per heavy atom. The van der Waals surface area contributed by atoms with E-state index >= 15 is 0 Å². The lowest BCUT2D eigenvalue weighted by Gasteiger charge is -2.34. The van der Waals surface area contributed by atoms with Crippen molar-refractivity contribution in [2.45, 2.75) is 130 Å². The lowest BCUT2D eigenvalue weighted by atomic mass is 9.92. The Morgan fingerprint density at radius 1 is 1.13 bits per heavy atom. The van der Waals surface area contributed by atoms with Gasteiger partial charge in [0.2, 0.25) is 0 Å². The van der Waals surface area contributed by atoms with Crippen molar-refractivity contribution in [1.82, 2.24) is 0 Å². The molecule has 0 saturated heterocycles. The van der Waals surface area contributed by atoms with E-state index in [1.165, 1.54) is 24.8 Å². The van der Waals surface area contributed by atoms with Crippen molar-refractivity contribution >= 4 is 0 Å². The Bertz CT molecular complexity index is 825. The summed E-state index contributed by atoms with van der Waals surface area (Å²) in [6.07, 6.45) is 33.0. The zero-order valence-corrected chi connectivity index (χ0v) is 25.2. The quantitative estimate of drug-likeness (QED) is 0.110. The van der Waals surface area contributed by atoms with E-state index in [-0.39, 0.29) is 12.2 Å². The number of hydrogen-bond acceptors (Lipinski definition) is 3. The first kappa shape index (κ1) is 32.4. The standard InChI is InChI=1S/C35H57NO2/c1-7-15-31(25-24-30-17-10-11-18-30)34(9-3)37-32(8-2)20-13-26-35(36)27-14-21-33(38-35)19-12-16-29(6)23-22-28(4)5/h8,10-11,13-14,20,24-25,27-28,30-31,33-34H,6-7,9,12,15-19,21-23,26,36H2,1-5H3/b20-13-,25-24+,32-8-. The zero-order chi connectivity index (χ0) is 27.8. The van der Waals surface area contributed by atoms with Crippen molar-refractivity contribution in [3.63, 3.8) is 0 Å². The van der Waals surface area contributed by atoms with Gasteiger partial charge < -0.3 is 9.47 Å². The van der Waals surface area contributed by atoms with Crippen LogP contribution in [0.4, 0.5) is 0 Å². The van der Waals surface area contributed by atoms with E-state index in [1.54, 1.807) is 0 Å². The van der Waals surface area contributed by atoms with E-state index in [0.717, 1.165) is 63.0 Å². The molecular formula is C35H57NO2. The van der Waals surface area contributed by atoms with Crippen molar-refractivity contribution < 1.29 is 9.47 Å². The maximum atomic E-state index is 6.65. The molecule has 1 heterocycles. The van der Waals surface area contributed by atoms with Crippen LogP contribution in [0.1, 0.15) is 112 Å². The second kappa shape index (κ2) is 17.7. The van der Waals surface area contributed by atoms with Gasteiger partial charge in [0.15, 0.2) is 0 Å². The third-order valence-electron chi connectivity index (χ3n) is 7.78. The molecule has 4 unspecified atom stereocenters. The Kier molecular flexibility index (Phi) is 15.1. The molecule has 0 fully saturated rings. The van der Waals surface area contributed by atoms with Crippen LogP contribution in [0.15, 0.2) is 72.6 Å². The van der Waals surface area contributed by atoms with Gasteiger partial charge in [-0.2, -0.15) is 0 Å². The van der Waals surface area contributed by atoms with E-state index in [9.17, 15) is 0 Å². The summed E-state index contributed by atoms with van der Waals surface area (Å²) in [6, 6.07) is 0. The number of allylic oxidation sites excluding steroid dienone is 6. The van der Waals surface area contributed by atoms with Crippen LogP contribution in [0.5, 0.6) is 0 Å². The summed E-state index contributed by atoms with van der Waals surface area (Å²) in [5.41, 5.74) is 7.27. The first-order valence-corrected chi connectivity index (χ1v) is 15.4. The van der Waals surface area contributed by atoms with Crippen molar-refractivity contribution in [2.24, 2.45) is 23.5 Å². The molecule has 0 saturated carbocycles. The Morgan fingerprint density at radius 2 is 1.89 bits per heavy atom. The first-order valence-electron chi connectivity index (χ1n) is 15.4. The lowest BCUT2D eigenvalue weighted by molar-refractivity contribution is -0.0689. The maximum Gasteiger partial charge on any atom is 0.139 e. The van der Waals surface area contributed by atoms with E-state index in [2.05, 4.69) is 82.9 Å². The van der Waals surface area contributed by atoms with Crippen molar-refractivity contribution in [2.75, 3.05) is 0 Å². The molecule has 2 rings (SSSR count). The van der Waals surface area contributed by atoms with Gasteiger partial charge in [-0.25, -0.2) is 0 Å². The third-order valence-corrected chi connectivity index (χ3v) is 7.78. The lowest BCUT2D eigenvalue weighted by Crippen LogP contribution is -2.45. The summed E-state index contributed by atoms with van der Waals surface area (Å²) in [4.78, 5) is 0. The molecule has 3 heteroatoms. The van der Waals surface area contributed by atoms with Crippen molar-refractivity contribution in [1.29, 1.82) is 0 Å². The SMILES string of the molecule is C=C(CCCC1CC=CC(N)(C/C=C\C(=C\C)OC(CC)C(/C=C/C2CC=CC2)CCC)O1)CCC(C)C. The molecule has 0 aromatic heterocycles. The van der Waals surface area contributed by atoms with Crippen LogP contribution in [0.3, 0.4) is 0 Å². The highest BCUT2D eigenvalue weighted by Crippen LogP contribution is 2.28. The number of ether oxygens (including phenoxy) is 2. The minimum Gasteiger partial charge on any atom is -0.490 e. The highest BCUT2D eigenvalue weighted by atomic mass is 16.5. The Hall–Kier alpha value is -1.84. The molecular weight excluding hydrogens is 466 g/mol. The third kappa shape index (κ3) is 12.3. The molecule has 1 aliphatic carbocycles. The van der Waals surface area contributed by atoms with Crippen LogP contribution in [0.2, 0.25) is 0 Å². The van der Waals surface area contributed by atoms with Crippen LogP contribution in [0.25, 0.3) is 0 Å². The largest absolute Gasteiger partial charge is 0.490 e. The fourth-order valence-corrected chi connectivity index (χ4v) is 5.35. The minimum atomic E-state index is -0.750. The molecule has 1 aliphatic heterocycles. The van der Waals surface area contributed by atoms with Gasteiger partial charge in [0, 0.05) is 12.3 Å². The fraction of sp³-hybridized carbons (Fsp3) is 0.657. The predicted molar refractivity (Wildman–Crippen MR) is 165 cm³/mol. The highest BCUT2D eigenvalue weighted by Gasteiger charge is 2.28. The minimum absolute atomic E-state index is 0.175. The van der Waals surface area contributed by atoms with Gasteiger partial charge in [0.1, 0.15) is 17.6 Å². The second-order valence-corrected chi connectivity index (χ2v) is 11.8. The first-order chi connectivity index (χ1) is 18.3. The fourth-order valence-electron chi connectivity index (χ4n) is 5.35. The molecule has 0 spiro atoms. The number of rotatable bonds is 18. The summed E-state index contributed by atoms with van der Waals surface area (Å²) in [6.45, 7) is 15.3. The van der Waals surface area contributed by atoms with Gasteiger partial charge >= 0.3 is 0 Å². The molecule has 0 radical (unpaired) electrons. The summed E-state index contributed by atoms with van der Waals surface area (Å²) in [5.74, 6) is 2.74. The van der Waals surface area contributed by atoms with E-state index in [0.29, 0.717) is 18.3 Å². The number of nitrogens with two attached hydrogens (primary N) is 1. The second-order valence-electron chi connectivity index (χ2n) is 11.8. The Labute approximate surface area is 235 Å². The van der Waals surface area contributed by atoms with Crippen LogP contribution < -0.4 is 5.73 Å². The van der Waals surface area contributed by atoms with Gasteiger partial charge in [-0.15, -0.1) is 0 Å². The van der Waals surface area contributed by atoms with Crippen LogP contribution >= 0.6 is 0 Å². The molecule has 2 aliphatic rings. The molecule has 214 valence electrons. The molecule has 2 N–H and O–H groups in total. The highest BCUT2D eigenvalue weighted by molar-refractivity contribution is 5.15. The molecule has 3 nitrogen and oxygen atoms in total. The average Bonchev–Trinajstić information content (AvgIpc) is 3.41. The molecule has 0 bridgehead atoms. The van der Waals surface area contributed by atoms with E-state index < -0.39 is 5.72 Å². The summed E-state index contributed by atoms with van der Waals surface area (Å²) in [5, 5.41) is 0. The van der Waals surface area contributed by atoms with E-state index in [1.807, 2.05) is 13.0 Å². The van der Waals surface area contributed by atoms with Crippen molar-refractivity contribution in [3.8, 4) is 0 Å². The summed E-state index contributed by atoms with van der Waals surface area (Å²) < 4.78 is 12.9. The normalized spacial score (nSPS) is 24.2. The average molecular weight is 524 g/mol. The van der Waals surface area contributed by atoms with E-state index in [4.69, 9.17) is 15.2 Å². The van der Waals surface area contributed by atoms with Gasteiger partial charge in [-0.3, -0.25) is 5.73 Å². The van der Waals surface area contributed by atoms with Gasteiger partial charge in [-0.05, 0) is 101 Å². The van der Waals surface area contributed by atoms with Gasteiger partial charge in [0.05, 0.1) is 6.10 Å².